The standard InChI is InChI=1S/C18H19NO2.C2H6/c1-13-9-11-15(12-10-13)19-16(14-7-5-4-6-8-14)18(2,3)21-17(19)20;1-2/h4-12,16H,1-3H3;1-2H3/t16-;/m0./s1. The van der Waals surface area contributed by atoms with Gasteiger partial charge in [-0.3, -0.25) is 4.90 Å². The highest BCUT2D eigenvalue weighted by Gasteiger charge is 2.49. The van der Waals surface area contributed by atoms with E-state index in [2.05, 4.69) is 0 Å². The van der Waals surface area contributed by atoms with E-state index in [-0.39, 0.29) is 12.1 Å². The van der Waals surface area contributed by atoms with Crippen molar-refractivity contribution in [2.24, 2.45) is 0 Å². The lowest BCUT2D eigenvalue weighted by Crippen LogP contribution is -2.33. The quantitative estimate of drug-likeness (QED) is 0.733. The predicted molar refractivity (Wildman–Crippen MR) is 94.7 cm³/mol. The first-order chi connectivity index (χ1) is 11.0. The topological polar surface area (TPSA) is 29.5 Å². The summed E-state index contributed by atoms with van der Waals surface area (Å²) in [6.45, 7) is 9.94. The highest BCUT2D eigenvalue weighted by Crippen LogP contribution is 2.43. The number of carbonyl (C=O) groups is 1. The minimum atomic E-state index is -0.566. The average molecular weight is 311 g/mol. The monoisotopic (exact) mass is 311 g/mol. The van der Waals surface area contributed by atoms with Crippen LogP contribution in [0.25, 0.3) is 0 Å². The Morgan fingerprint density at radius 2 is 1.52 bits per heavy atom. The van der Waals surface area contributed by atoms with Crippen LogP contribution in [0.2, 0.25) is 0 Å². The summed E-state index contributed by atoms with van der Waals surface area (Å²) in [5.41, 5.74) is 2.55. The Morgan fingerprint density at radius 1 is 0.957 bits per heavy atom. The van der Waals surface area contributed by atoms with E-state index in [1.807, 2.05) is 89.2 Å². The van der Waals surface area contributed by atoms with Crippen molar-refractivity contribution in [2.75, 3.05) is 4.90 Å². The Kier molecular flexibility index (Phi) is 5.09. The number of benzene rings is 2. The maximum absolute atomic E-state index is 12.4. The van der Waals surface area contributed by atoms with E-state index in [9.17, 15) is 4.79 Å². The van der Waals surface area contributed by atoms with Crippen molar-refractivity contribution < 1.29 is 9.53 Å². The van der Waals surface area contributed by atoms with Crippen molar-refractivity contribution in [3.8, 4) is 0 Å². The predicted octanol–water partition coefficient (Wildman–Crippen LogP) is 5.50. The van der Waals surface area contributed by atoms with E-state index in [4.69, 9.17) is 4.74 Å². The van der Waals surface area contributed by atoms with Gasteiger partial charge in [0.25, 0.3) is 0 Å². The summed E-state index contributed by atoms with van der Waals surface area (Å²) in [7, 11) is 0. The molecule has 0 aliphatic carbocycles. The summed E-state index contributed by atoms with van der Waals surface area (Å²) < 4.78 is 5.60. The van der Waals surface area contributed by atoms with Crippen LogP contribution in [0.4, 0.5) is 10.5 Å². The van der Waals surface area contributed by atoms with Crippen LogP contribution >= 0.6 is 0 Å². The molecule has 3 rings (SSSR count). The zero-order chi connectivity index (χ0) is 17.0. The molecular formula is C20H25NO2. The summed E-state index contributed by atoms with van der Waals surface area (Å²) >= 11 is 0. The fourth-order valence-corrected chi connectivity index (χ4v) is 2.89. The molecule has 122 valence electrons. The molecule has 3 heteroatoms. The Morgan fingerprint density at radius 3 is 2.09 bits per heavy atom. The van der Waals surface area contributed by atoms with Crippen molar-refractivity contribution in [1.82, 2.24) is 0 Å². The molecule has 2 aromatic rings. The van der Waals surface area contributed by atoms with Crippen molar-refractivity contribution in [3.63, 3.8) is 0 Å². The van der Waals surface area contributed by atoms with Gasteiger partial charge in [-0.2, -0.15) is 0 Å². The molecule has 3 nitrogen and oxygen atoms in total. The van der Waals surface area contributed by atoms with Crippen molar-refractivity contribution in [3.05, 3.63) is 65.7 Å². The van der Waals surface area contributed by atoms with Gasteiger partial charge in [-0.15, -0.1) is 0 Å². The number of nitrogens with zero attached hydrogens (tertiary/aromatic N) is 1. The van der Waals surface area contributed by atoms with Gasteiger partial charge in [-0.25, -0.2) is 4.79 Å². The molecule has 1 saturated heterocycles. The third-order valence-electron chi connectivity index (χ3n) is 3.89. The molecule has 2 aromatic carbocycles. The summed E-state index contributed by atoms with van der Waals surface area (Å²) in [5, 5.41) is 0. The SMILES string of the molecule is CC.Cc1ccc(N2C(=O)OC(C)(C)[C@@H]2c2ccccc2)cc1. The minimum absolute atomic E-state index is 0.131. The second kappa shape index (κ2) is 6.86. The molecule has 0 unspecified atom stereocenters. The van der Waals surface area contributed by atoms with E-state index in [1.165, 1.54) is 5.56 Å². The second-order valence-corrected chi connectivity index (χ2v) is 5.99. The molecule has 23 heavy (non-hydrogen) atoms. The Bertz CT molecular complexity index is 647. The molecule has 1 atom stereocenters. The number of rotatable bonds is 2. The van der Waals surface area contributed by atoms with E-state index < -0.39 is 5.60 Å². The van der Waals surface area contributed by atoms with Gasteiger partial charge < -0.3 is 4.74 Å². The first-order valence-electron chi connectivity index (χ1n) is 8.13. The van der Waals surface area contributed by atoms with E-state index in [1.54, 1.807) is 4.90 Å². The molecule has 0 saturated carbocycles. The number of aryl methyl sites for hydroxylation is 1. The van der Waals surface area contributed by atoms with Gasteiger partial charge >= 0.3 is 6.09 Å². The minimum Gasteiger partial charge on any atom is -0.441 e. The normalized spacial score (nSPS) is 18.9. The zero-order valence-electron chi connectivity index (χ0n) is 14.5. The Balaban J connectivity index is 0.000000924. The molecule has 1 aliphatic heterocycles. The van der Waals surface area contributed by atoms with Crippen LogP contribution in [-0.4, -0.2) is 11.7 Å². The van der Waals surface area contributed by atoms with Crippen LogP contribution in [0, 0.1) is 6.92 Å². The van der Waals surface area contributed by atoms with Crippen LogP contribution < -0.4 is 4.90 Å². The number of hydrogen-bond acceptors (Lipinski definition) is 2. The van der Waals surface area contributed by atoms with Gasteiger partial charge in [-0.1, -0.05) is 61.9 Å². The van der Waals surface area contributed by atoms with Crippen molar-refractivity contribution in [1.29, 1.82) is 0 Å². The smallest absolute Gasteiger partial charge is 0.415 e. The number of carbonyl (C=O) groups excluding carboxylic acids is 1. The number of cyclic esters (lactones) is 1. The highest BCUT2D eigenvalue weighted by molar-refractivity contribution is 5.91. The maximum Gasteiger partial charge on any atom is 0.415 e. The summed E-state index contributed by atoms with van der Waals surface area (Å²) in [6.07, 6.45) is -0.294. The fourth-order valence-electron chi connectivity index (χ4n) is 2.89. The van der Waals surface area contributed by atoms with Gasteiger partial charge in [0.1, 0.15) is 11.6 Å². The molecule has 1 aliphatic rings. The zero-order valence-corrected chi connectivity index (χ0v) is 14.5. The highest BCUT2D eigenvalue weighted by atomic mass is 16.6. The van der Waals surface area contributed by atoms with Gasteiger partial charge in [0.15, 0.2) is 0 Å². The number of anilines is 1. The van der Waals surface area contributed by atoms with Gasteiger partial charge in [-0.05, 0) is 38.5 Å². The molecule has 0 N–H and O–H groups in total. The van der Waals surface area contributed by atoms with E-state index >= 15 is 0 Å². The molecule has 0 spiro atoms. The first-order valence-corrected chi connectivity index (χ1v) is 8.13. The Hall–Kier alpha value is -2.29. The van der Waals surface area contributed by atoms with E-state index in [0.29, 0.717) is 0 Å². The summed E-state index contributed by atoms with van der Waals surface area (Å²) in [5.74, 6) is 0. The second-order valence-electron chi connectivity index (χ2n) is 5.99. The van der Waals surface area contributed by atoms with Gasteiger partial charge in [0.05, 0.1) is 0 Å². The van der Waals surface area contributed by atoms with Gasteiger partial charge in [0.2, 0.25) is 0 Å². The first kappa shape index (κ1) is 17.1. The lowest BCUT2D eigenvalue weighted by Gasteiger charge is -2.29. The summed E-state index contributed by atoms with van der Waals surface area (Å²) in [4.78, 5) is 14.1. The number of hydrogen-bond donors (Lipinski definition) is 0. The third-order valence-corrected chi connectivity index (χ3v) is 3.89. The lowest BCUT2D eigenvalue weighted by atomic mass is 9.91. The van der Waals surface area contributed by atoms with Gasteiger partial charge in [0, 0.05) is 5.69 Å². The molecule has 1 amide bonds. The fraction of sp³-hybridized carbons (Fsp3) is 0.350. The molecule has 0 aromatic heterocycles. The largest absolute Gasteiger partial charge is 0.441 e. The van der Waals surface area contributed by atoms with Crippen LogP contribution in [0.15, 0.2) is 54.6 Å². The molecule has 0 bridgehead atoms. The molecule has 1 heterocycles. The van der Waals surface area contributed by atoms with Crippen LogP contribution in [0.3, 0.4) is 0 Å². The molecule has 1 fully saturated rings. The maximum atomic E-state index is 12.4. The van der Waals surface area contributed by atoms with Crippen molar-refractivity contribution >= 4 is 11.8 Å². The number of ether oxygens (including phenoxy) is 1. The van der Waals surface area contributed by atoms with Crippen LogP contribution in [0.1, 0.15) is 44.9 Å². The number of amides is 1. The Labute approximate surface area is 138 Å². The summed E-state index contributed by atoms with van der Waals surface area (Å²) in [6, 6.07) is 17.8. The lowest BCUT2D eigenvalue weighted by molar-refractivity contribution is 0.0685. The third kappa shape index (κ3) is 3.39. The van der Waals surface area contributed by atoms with Crippen molar-refractivity contribution in [2.45, 2.75) is 46.3 Å². The average Bonchev–Trinajstić information content (AvgIpc) is 2.80. The van der Waals surface area contributed by atoms with E-state index in [0.717, 1.165) is 11.3 Å². The molecular weight excluding hydrogens is 286 g/mol. The van der Waals surface area contributed by atoms with Crippen LogP contribution in [0.5, 0.6) is 0 Å². The molecule has 0 radical (unpaired) electrons. The van der Waals surface area contributed by atoms with Crippen LogP contribution in [-0.2, 0) is 4.74 Å².